The molecule has 1 amide bonds. The molecule has 2 rings (SSSR count). The molecule has 0 unspecified atom stereocenters. The molecule has 0 spiro atoms. The van der Waals surface area contributed by atoms with E-state index < -0.39 is 0 Å². The maximum atomic E-state index is 12.3. The fraction of sp³-hybridized carbons (Fsp3) is 0.562. The van der Waals surface area contributed by atoms with Crippen LogP contribution in [-0.2, 0) is 11.3 Å². The van der Waals surface area contributed by atoms with E-state index in [1.165, 1.54) is 24.3 Å². The van der Waals surface area contributed by atoms with E-state index in [4.69, 9.17) is 5.11 Å². The van der Waals surface area contributed by atoms with E-state index in [-0.39, 0.29) is 12.5 Å². The predicted octanol–water partition coefficient (Wildman–Crippen LogP) is 2.58. The highest BCUT2D eigenvalue weighted by molar-refractivity contribution is 7.99. The van der Waals surface area contributed by atoms with Crippen LogP contribution in [-0.4, -0.2) is 41.1 Å². The van der Waals surface area contributed by atoms with Gasteiger partial charge in [-0.3, -0.25) is 4.79 Å². The van der Waals surface area contributed by atoms with Crippen molar-refractivity contribution in [3.63, 3.8) is 0 Å². The van der Waals surface area contributed by atoms with Crippen molar-refractivity contribution in [1.82, 2.24) is 4.90 Å². The minimum absolute atomic E-state index is 0.120. The van der Waals surface area contributed by atoms with Gasteiger partial charge in [-0.05, 0) is 47.3 Å². The van der Waals surface area contributed by atoms with Gasteiger partial charge in [0.1, 0.15) is 6.61 Å². The summed E-state index contributed by atoms with van der Waals surface area (Å²) in [5, 5.41) is 10.7. The lowest BCUT2D eigenvalue weighted by molar-refractivity contribution is -0.131. The quantitative estimate of drug-likeness (QED) is 0.866. The standard InChI is InChI=1S/C16H21NO2S2/c1-17(16(19)10-13-4-7-20-8-5-13)11-14-9-15(21-12-14)3-2-6-18/h9,12-13,18H,4-8,10-11H2,1H3. The minimum Gasteiger partial charge on any atom is -0.384 e. The van der Waals surface area contributed by atoms with Gasteiger partial charge in [-0.1, -0.05) is 11.8 Å². The van der Waals surface area contributed by atoms with E-state index in [0.717, 1.165) is 10.4 Å². The van der Waals surface area contributed by atoms with Crippen LogP contribution in [0, 0.1) is 17.8 Å². The SMILES string of the molecule is CN(Cc1csc(C#CCO)c1)C(=O)CC1CCSCC1. The number of hydrogen-bond acceptors (Lipinski definition) is 4. The number of carbonyl (C=O) groups is 1. The van der Waals surface area contributed by atoms with Gasteiger partial charge in [-0.2, -0.15) is 11.8 Å². The molecule has 1 fully saturated rings. The molecule has 0 aliphatic carbocycles. The minimum atomic E-state index is -0.120. The van der Waals surface area contributed by atoms with Crippen molar-refractivity contribution in [3.05, 3.63) is 21.9 Å². The number of carbonyl (C=O) groups excluding carboxylic acids is 1. The Kier molecular flexibility index (Phi) is 6.62. The Morgan fingerprint density at radius 1 is 1.48 bits per heavy atom. The number of nitrogens with zero attached hydrogens (tertiary/aromatic N) is 1. The molecule has 0 bridgehead atoms. The number of thioether (sulfide) groups is 1. The molecule has 0 radical (unpaired) electrons. The van der Waals surface area contributed by atoms with Crippen LogP contribution in [0.1, 0.15) is 29.7 Å². The van der Waals surface area contributed by atoms with E-state index in [1.807, 2.05) is 35.2 Å². The zero-order valence-corrected chi connectivity index (χ0v) is 13.9. The molecule has 1 aromatic heterocycles. The van der Waals surface area contributed by atoms with E-state index in [2.05, 4.69) is 11.8 Å². The molecule has 0 atom stereocenters. The Morgan fingerprint density at radius 3 is 2.95 bits per heavy atom. The smallest absolute Gasteiger partial charge is 0.222 e. The van der Waals surface area contributed by atoms with E-state index in [9.17, 15) is 4.79 Å². The monoisotopic (exact) mass is 323 g/mol. The van der Waals surface area contributed by atoms with Gasteiger partial charge in [-0.15, -0.1) is 11.3 Å². The van der Waals surface area contributed by atoms with E-state index in [1.54, 1.807) is 11.3 Å². The molecule has 2 heterocycles. The molecule has 0 saturated carbocycles. The van der Waals surface area contributed by atoms with Crippen LogP contribution in [0.5, 0.6) is 0 Å². The third-order valence-electron chi connectivity index (χ3n) is 3.59. The molecule has 1 N–H and O–H groups in total. The van der Waals surface area contributed by atoms with E-state index in [0.29, 0.717) is 18.9 Å². The maximum absolute atomic E-state index is 12.3. The molecule has 114 valence electrons. The van der Waals surface area contributed by atoms with Crippen LogP contribution in [0.3, 0.4) is 0 Å². The van der Waals surface area contributed by atoms with Gasteiger partial charge in [0.15, 0.2) is 0 Å². The second-order valence-electron chi connectivity index (χ2n) is 5.29. The van der Waals surface area contributed by atoms with Crippen molar-refractivity contribution < 1.29 is 9.90 Å². The zero-order valence-electron chi connectivity index (χ0n) is 12.3. The van der Waals surface area contributed by atoms with Crippen molar-refractivity contribution in [2.24, 2.45) is 5.92 Å². The molecule has 1 aliphatic rings. The molecule has 1 saturated heterocycles. The van der Waals surface area contributed by atoms with Gasteiger partial charge >= 0.3 is 0 Å². The molecular weight excluding hydrogens is 302 g/mol. The molecular formula is C16H21NO2S2. The molecule has 1 aromatic rings. The normalized spacial score (nSPS) is 15.3. The fourth-order valence-electron chi connectivity index (χ4n) is 2.37. The average molecular weight is 323 g/mol. The highest BCUT2D eigenvalue weighted by atomic mass is 32.2. The molecule has 1 aliphatic heterocycles. The highest BCUT2D eigenvalue weighted by Crippen LogP contribution is 2.26. The van der Waals surface area contributed by atoms with Gasteiger partial charge in [0.2, 0.25) is 5.91 Å². The van der Waals surface area contributed by atoms with Crippen molar-refractivity contribution in [1.29, 1.82) is 0 Å². The third-order valence-corrected chi connectivity index (χ3v) is 5.54. The second kappa shape index (κ2) is 8.47. The summed E-state index contributed by atoms with van der Waals surface area (Å²) < 4.78 is 0. The first-order valence-corrected chi connectivity index (χ1v) is 9.21. The first kappa shape index (κ1) is 16.4. The Balaban J connectivity index is 1.83. The lowest BCUT2D eigenvalue weighted by Crippen LogP contribution is -2.28. The van der Waals surface area contributed by atoms with Crippen LogP contribution < -0.4 is 0 Å². The summed E-state index contributed by atoms with van der Waals surface area (Å²) in [6, 6.07) is 1.99. The summed E-state index contributed by atoms with van der Waals surface area (Å²) in [7, 11) is 1.87. The maximum Gasteiger partial charge on any atom is 0.222 e. The third kappa shape index (κ3) is 5.39. The Labute approximate surface area is 134 Å². The molecule has 5 heteroatoms. The average Bonchev–Trinajstić information content (AvgIpc) is 2.93. The van der Waals surface area contributed by atoms with Crippen LogP contribution in [0.4, 0.5) is 0 Å². The topological polar surface area (TPSA) is 40.5 Å². The van der Waals surface area contributed by atoms with Crippen molar-refractivity contribution >= 4 is 29.0 Å². The highest BCUT2D eigenvalue weighted by Gasteiger charge is 2.19. The Morgan fingerprint density at radius 2 is 2.24 bits per heavy atom. The molecule has 0 aromatic carbocycles. The molecule has 21 heavy (non-hydrogen) atoms. The van der Waals surface area contributed by atoms with Gasteiger partial charge < -0.3 is 10.0 Å². The number of rotatable bonds is 4. The number of amides is 1. The Hall–Kier alpha value is -0.960. The number of aliphatic hydroxyl groups is 1. The van der Waals surface area contributed by atoms with Crippen molar-refractivity contribution in [3.8, 4) is 11.8 Å². The van der Waals surface area contributed by atoms with Crippen molar-refractivity contribution in [2.45, 2.75) is 25.8 Å². The van der Waals surface area contributed by atoms with Gasteiger partial charge in [-0.25, -0.2) is 0 Å². The summed E-state index contributed by atoms with van der Waals surface area (Å²) in [6.45, 7) is 0.517. The first-order valence-electron chi connectivity index (χ1n) is 7.18. The largest absolute Gasteiger partial charge is 0.384 e. The van der Waals surface area contributed by atoms with Gasteiger partial charge in [0.25, 0.3) is 0 Å². The summed E-state index contributed by atoms with van der Waals surface area (Å²) in [5.74, 6) is 8.73. The zero-order chi connectivity index (χ0) is 15.1. The van der Waals surface area contributed by atoms with Gasteiger partial charge in [0, 0.05) is 20.0 Å². The van der Waals surface area contributed by atoms with Gasteiger partial charge in [0.05, 0.1) is 4.88 Å². The summed E-state index contributed by atoms with van der Waals surface area (Å²) in [4.78, 5) is 15.0. The van der Waals surface area contributed by atoms with Crippen LogP contribution in [0.25, 0.3) is 0 Å². The Bertz CT molecular complexity index is 524. The number of hydrogen-bond donors (Lipinski definition) is 1. The predicted molar refractivity (Wildman–Crippen MR) is 89.4 cm³/mol. The van der Waals surface area contributed by atoms with Crippen LogP contribution >= 0.6 is 23.1 Å². The summed E-state index contributed by atoms with van der Waals surface area (Å²) in [6.07, 6.45) is 3.02. The lowest BCUT2D eigenvalue weighted by atomic mass is 9.98. The number of thiophene rings is 1. The second-order valence-corrected chi connectivity index (χ2v) is 7.42. The summed E-state index contributed by atoms with van der Waals surface area (Å²) in [5.41, 5.74) is 1.11. The molecule has 3 nitrogen and oxygen atoms in total. The fourth-order valence-corrected chi connectivity index (χ4v) is 4.34. The first-order chi connectivity index (χ1) is 10.2. The van der Waals surface area contributed by atoms with E-state index >= 15 is 0 Å². The van der Waals surface area contributed by atoms with Crippen LogP contribution in [0.15, 0.2) is 11.4 Å². The lowest BCUT2D eigenvalue weighted by Gasteiger charge is -2.24. The summed E-state index contributed by atoms with van der Waals surface area (Å²) >= 11 is 3.55. The number of aliphatic hydroxyl groups excluding tert-OH is 1. The van der Waals surface area contributed by atoms with Crippen LogP contribution in [0.2, 0.25) is 0 Å². The van der Waals surface area contributed by atoms with Crippen molar-refractivity contribution in [2.75, 3.05) is 25.2 Å².